The van der Waals surface area contributed by atoms with Crippen LogP contribution in [-0.2, 0) is 0 Å². The number of fused-ring (bicyclic) bond motifs is 1. The summed E-state index contributed by atoms with van der Waals surface area (Å²) in [6.45, 7) is 4.39. The molecule has 1 N–H and O–H groups in total. The first kappa shape index (κ1) is 10.3. The summed E-state index contributed by atoms with van der Waals surface area (Å²) in [6, 6.07) is 0.537. The van der Waals surface area contributed by atoms with Gasteiger partial charge in [-0.05, 0) is 18.1 Å². The molecule has 0 saturated heterocycles. The number of allylic oxidation sites excluding steroid dienone is 2. The molecule has 0 amide bonds. The van der Waals surface area contributed by atoms with E-state index < -0.39 is 0 Å². The maximum atomic E-state index is 4.73. The molecular formula is C13H16N4. The Morgan fingerprint density at radius 1 is 1.41 bits per heavy atom. The molecule has 17 heavy (non-hydrogen) atoms. The van der Waals surface area contributed by atoms with Crippen molar-refractivity contribution in [1.29, 1.82) is 0 Å². The first-order valence-corrected chi connectivity index (χ1v) is 5.96. The second-order valence-electron chi connectivity index (χ2n) is 4.75. The Hall–Kier alpha value is -1.84. The van der Waals surface area contributed by atoms with E-state index >= 15 is 0 Å². The molecule has 2 aliphatic rings. The third-order valence-electron chi connectivity index (χ3n) is 3.18. The Labute approximate surface area is 101 Å². The van der Waals surface area contributed by atoms with Crippen LogP contribution in [0.25, 0.3) is 0 Å². The highest BCUT2D eigenvalue weighted by Gasteiger charge is 2.28. The predicted molar refractivity (Wildman–Crippen MR) is 67.8 cm³/mol. The van der Waals surface area contributed by atoms with Crippen LogP contribution in [0.2, 0.25) is 0 Å². The summed E-state index contributed by atoms with van der Waals surface area (Å²) in [5.74, 6) is 1.48. The smallest absolute Gasteiger partial charge is 0.133 e. The fourth-order valence-electron chi connectivity index (χ4n) is 2.19. The van der Waals surface area contributed by atoms with Crippen LogP contribution < -0.4 is 5.32 Å². The van der Waals surface area contributed by atoms with E-state index in [0.29, 0.717) is 12.0 Å². The van der Waals surface area contributed by atoms with Gasteiger partial charge in [0.05, 0.1) is 12.1 Å². The molecule has 0 bridgehead atoms. The van der Waals surface area contributed by atoms with Gasteiger partial charge in [-0.25, -0.2) is 4.98 Å². The molecule has 0 aromatic carbocycles. The van der Waals surface area contributed by atoms with Crippen molar-refractivity contribution in [3.05, 3.63) is 42.6 Å². The minimum absolute atomic E-state index is 0.217. The Morgan fingerprint density at radius 3 is 3.00 bits per heavy atom. The number of aromatic nitrogens is 2. The van der Waals surface area contributed by atoms with Crippen molar-refractivity contribution in [2.24, 2.45) is 10.9 Å². The van der Waals surface area contributed by atoms with Crippen LogP contribution in [0.15, 0.2) is 47.6 Å². The van der Waals surface area contributed by atoms with E-state index in [1.54, 1.807) is 12.5 Å². The minimum Gasteiger partial charge on any atom is -0.380 e. The first-order chi connectivity index (χ1) is 8.24. The van der Waals surface area contributed by atoms with E-state index in [9.17, 15) is 0 Å². The van der Waals surface area contributed by atoms with E-state index in [2.05, 4.69) is 36.3 Å². The molecule has 0 saturated carbocycles. The molecule has 2 aliphatic heterocycles. The minimum atomic E-state index is 0.217. The van der Waals surface area contributed by atoms with Gasteiger partial charge in [-0.2, -0.15) is 0 Å². The summed E-state index contributed by atoms with van der Waals surface area (Å²) in [7, 11) is 0. The molecule has 4 heteroatoms. The second kappa shape index (κ2) is 3.87. The summed E-state index contributed by atoms with van der Waals surface area (Å²) in [5.41, 5.74) is 1.29. The Bertz CT molecular complexity index is 493. The summed E-state index contributed by atoms with van der Waals surface area (Å²) >= 11 is 0. The molecule has 2 unspecified atom stereocenters. The van der Waals surface area contributed by atoms with Gasteiger partial charge in [0.15, 0.2) is 0 Å². The average Bonchev–Trinajstić information content (AvgIpc) is 2.97. The van der Waals surface area contributed by atoms with Crippen molar-refractivity contribution in [2.75, 3.05) is 0 Å². The van der Waals surface area contributed by atoms with Crippen molar-refractivity contribution in [2.45, 2.75) is 25.9 Å². The lowest BCUT2D eigenvalue weighted by Crippen LogP contribution is -2.33. The van der Waals surface area contributed by atoms with Gasteiger partial charge in [-0.3, -0.25) is 9.56 Å². The maximum absolute atomic E-state index is 4.73. The van der Waals surface area contributed by atoms with E-state index in [-0.39, 0.29) is 6.04 Å². The van der Waals surface area contributed by atoms with E-state index in [1.807, 2.05) is 16.8 Å². The van der Waals surface area contributed by atoms with Gasteiger partial charge in [0, 0.05) is 18.1 Å². The Morgan fingerprint density at radius 2 is 2.29 bits per heavy atom. The van der Waals surface area contributed by atoms with Crippen molar-refractivity contribution in [3.63, 3.8) is 0 Å². The van der Waals surface area contributed by atoms with E-state index in [0.717, 1.165) is 5.84 Å². The van der Waals surface area contributed by atoms with Gasteiger partial charge in [-0.1, -0.05) is 19.9 Å². The number of hydrogen-bond donors (Lipinski definition) is 1. The monoisotopic (exact) mass is 228 g/mol. The Kier molecular flexibility index (Phi) is 2.35. The zero-order chi connectivity index (χ0) is 11.8. The molecule has 1 aromatic rings. The van der Waals surface area contributed by atoms with Crippen molar-refractivity contribution in [3.8, 4) is 0 Å². The van der Waals surface area contributed by atoms with Crippen LogP contribution >= 0.6 is 0 Å². The lowest BCUT2D eigenvalue weighted by molar-refractivity contribution is 0.608. The lowest BCUT2D eigenvalue weighted by atomic mass is 10.1. The van der Waals surface area contributed by atoms with Crippen molar-refractivity contribution in [1.82, 2.24) is 14.9 Å². The molecule has 0 fully saturated rings. The number of aliphatic imine (C=N–C) groups is 1. The van der Waals surface area contributed by atoms with Crippen LogP contribution in [-0.4, -0.2) is 27.5 Å². The van der Waals surface area contributed by atoms with Crippen LogP contribution in [0.5, 0.6) is 0 Å². The molecule has 0 spiro atoms. The zero-order valence-electron chi connectivity index (χ0n) is 10.0. The maximum Gasteiger partial charge on any atom is 0.133 e. The lowest BCUT2D eigenvalue weighted by Gasteiger charge is -2.19. The third kappa shape index (κ3) is 1.79. The fourth-order valence-corrected chi connectivity index (χ4v) is 2.19. The van der Waals surface area contributed by atoms with Crippen LogP contribution in [0.1, 0.15) is 13.8 Å². The van der Waals surface area contributed by atoms with Gasteiger partial charge < -0.3 is 5.32 Å². The number of hydrogen-bond acceptors (Lipinski definition) is 3. The molecule has 1 aromatic heterocycles. The van der Waals surface area contributed by atoms with E-state index in [1.165, 1.54) is 5.70 Å². The van der Waals surface area contributed by atoms with Crippen LogP contribution in [0.4, 0.5) is 0 Å². The molecule has 3 heterocycles. The SMILES string of the molecule is CC(C)C1=CC2N=C(n3ccnc3)C=CC2N1. The van der Waals surface area contributed by atoms with Crippen molar-refractivity contribution >= 4 is 5.84 Å². The molecule has 4 nitrogen and oxygen atoms in total. The number of nitrogens with one attached hydrogen (secondary N) is 1. The summed E-state index contributed by atoms with van der Waals surface area (Å²) < 4.78 is 1.94. The normalized spacial score (nSPS) is 26.5. The third-order valence-corrected chi connectivity index (χ3v) is 3.18. The molecule has 2 atom stereocenters. The van der Waals surface area contributed by atoms with Gasteiger partial charge in [-0.15, -0.1) is 0 Å². The molecule has 88 valence electrons. The number of nitrogens with zero attached hydrogens (tertiary/aromatic N) is 3. The summed E-state index contributed by atoms with van der Waals surface area (Å²) in [4.78, 5) is 8.78. The van der Waals surface area contributed by atoms with Gasteiger partial charge >= 0.3 is 0 Å². The van der Waals surface area contributed by atoms with Gasteiger partial charge in [0.2, 0.25) is 0 Å². The summed E-state index contributed by atoms with van der Waals surface area (Å²) in [5, 5.41) is 3.50. The number of dihydropyridines is 1. The highest BCUT2D eigenvalue weighted by atomic mass is 15.1. The molecule has 0 aliphatic carbocycles. The largest absolute Gasteiger partial charge is 0.380 e. The molecule has 0 radical (unpaired) electrons. The highest BCUT2D eigenvalue weighted by molar-refractivity contribution is 5.95. The topological polar surface area (TPSA) is 42.2 Å². The number of imidazole rings is 1. The predicted octanol–water partition coefficient (Wildman–Crippen LogP) is 1.58. The zero-order valence-corrected chi connectivity index (χ0v) is 10.0. The second-order valence-corrected chi connectivity index (χ2v) is 4.75. The van der Waals surface area contributed by atoms with E-state index in [4.69, 9.17) is 4.99 Å². The highest BCUT2D eigenvalue weighted by Crippen LogP contribution is 2.22. The van der Waals surface area contributed by atoms with Crippen LogP contribution in [0.3, 0.4) is 0 Å². The molecular weight excluding hydrogens is 212 g/mol. The fraction of sp³-hybridized carbons (Fsp3) is 0.385. The molecule has 3 rings (SSSR count). The Balaban J connectivity index is 1.88. The van der Waals surface area contributed by atoms with Gasteiger partial charge in [0.1, 0.15) is 12.2 Å². The van der Waals surface area contributed by atoms with Crippen molar-refractivity contribution < 1.29 is 0 Å². The quantitative estimate of drug-likeness (QED) is 0.793. The average molecular weight is 228 g/mol. The van der Waals surface area contributed by atoms with Crippen LogP contribution in [0, 0.1) is 5.92 Å². The standard InChI is InChI=1S/C13H16N4/c1-9(2)11-7-12-10(15-11)3-4-13(16-12)17-6-5-14-8-17/h3-10,12,15H,1-2H3. The first-order valence-electron chi connectivity index (χ1n) is 5.96. The summed E-state index contributed by atoms with van der Waals surface area (Å²) in [6.07, 6.45) is 11.9. The van der Waals surface area contributed by atoms with Gasteiger partial charge in [0.25, 0.3) is 0 Å². The number of rotatable bonds is 1.